The number of aromatic carboxylic acids is 1. The average Bonchev–Trinajstić information content (AvgIpc) is 3.13. The van der Waals surface area contributed by atoms with Crippen LogP contribution < -0.4 is 9.04 Å². The van der Waals surface area contributed by atoms with E-state index in [0.29, 0.717) is 10.6 Å². The molecule has 0 aliphatic rings. The van der Waals surface area contributed by atoms with Crippen molar-refractivity contribution in [2.45, 2.75) is 24.7 Å². The number of carboxylic acids is 1. The van der Waals surface area contributed by atoms with Gasteiger partial charge in [0.1, 0.15) is 10.8 Å². The van der Waals surface area contributed by atoms with Crippen LogP contribution in [0.4, 0.5) is 18.2 Å². The molecule has 182 valence electrons. The fourth-order valence-electron chi connectivity index (χ4n) is 3.52. The van der Waals surface area contributed by atoms with E-state index in [1.165, 1.54) is 52.0 Å². The van der Waals surface area contributed by atoms with Gasteiger partial charge in [0.05, 0.1) is 17.0 Å². The van der Waals surface area contributed by atoms with Crippen molar-refractivity contribution in [3.8, 4) is 5.75 Å². The predicted molar refractivity (Wildman–Crippen MR) is 126 cm³/mol. The quantitative estimate of drug-likeness (QED) is 0.313. The minimum Gasteiger partial charge on any atom is -0.478 e. The van der Waals surface area contributed by atoms with Gasteiger partial charge in [-0.15, -0.1) is 24.5 Å². The molecule has 1 aromatic heterocycles. The van der Waals surface area contributed by atoms with E-state index in [-0.39, 0.29) is 17.0 Å². The molecule has 4 rings (SSSR count). The third kappa shape index (κ3) is 5.25. The molecule has 35 heavy (non-hydrogen) atoms. The van der Waals surface area contributed by atoms with Gasteiger partial charge in [0.15, 0.2) is 0 Å². The van der Waals surface area contributed by atoms with E-state index in [4.69, 9.17) is 5.11 Å². The number of rotatable bonds is 7. The number of aryl methyl sites for hydroxylation is 1. The van der Waals surface area contributed by atoms with Crippen molar-refractivity contribution in [1.82, 2.24) is 0 Å². The van der Waals surface area contributed by atoms with Gasteiger partial charge in [0.2, 0.25) is 0 Å². The smallest absolute Gasteiger partial charge is 0.478 e. The Hall–Kier alpha value is -3.57. The zero-order chi connectivity index (χ0) is 25.4. The molecule has 0 spiro atoms. The molecular weight excluding hydrogens is 503 g/mol. The maximum Gasteiger partial charge on any atom is 0.573 e. The number of benzene rings is 3. The van der Waals surface area contributed by atoms with Crippen LogP contribution in [0.15, 0.2) is 77.7 Å². The summed E-state index contributed by atoms with van der Waals surface area (Å²) < 4.78 is 70.9. The molecule has 0 bridgehead atoms. The molecular formula is C24H18F3NO5S2. The highest BCUT2D eigenvalue weighted by Crippen LogP contribution is 2.40. The molecule has 0 unspecified atom stereocenters. The molecule has 11 heteroatoms. The van der Waals surface area contributed by atoms with Crippen LogP contribution in [0, 0.1) is 6.92 Å². The highest BCUT2D eigenvalue weighted by atomic mass is 32.2. The molecule has 0 fully saturated rings. The summed E-state index contributed by atoms with van der Waals surface area (Å²) in [4.78, 5) is 11.1. The summed E-state index contributed by atoms with van der Waals surface area (Å²) in [6.45, 7) is 1.63. The van der Waals surface area contributed by atoms with Crippen LogP contribution in [0.1, 0.15) is 21.5 Å². The summed E-state index contributed by atoms with van der Waals surface area (Å²) in [6.07, 6.45) is -4.84. The molecule has 0 aliphatic carbocycles. The van der Waals surface area contributed by atoms with Gasteiger partial charge >= 0.3 is 12.3 Å². The van der Waals surface area contributed by atoms with Crippen molar-refractivity contribution < 1.29 is 36.2 Å². The van der Waals surface area contributed by atoms with Gasteiger partial charge in [-0.25, -0.2) is 13.2 Å². The SMILES string of the molecule is Cc1c(N(Cc2ccc(OC(F)(F)F)cc2)S(=O)(=O)c2ccc(C(=O)O)cc2)sc2ccccc12. The molecule has 6 nitrogen and oxygen atoms in total. The monoisotopic (exact) mass is 521 g/mol. The largest absolute Gasteiger partial charge is 0.573 e. The molecule has 0 saturated heterocycles. The molecule has 0 atom stereocenters. The van der Waals surface area contributed by atoms with Crippen molar-refractivity contribution in [2.24, 2.45) is 0 Å². The van der Waals surface area contributed by atoms with Gasteiger partial charge < -0.3 is 9.84 Å². The van der Waals surface area contributed by atoms with Gasteiger partial charge in [-0.05, 0) is 65.9 Å². The standard InChI is InChI=1S/C24H18F3NO5S2/c1-15-20-4-2-3-5-21(20)34-22(15)28(14-16-6-10-18(11-7-16)33-24(25,26)27)35(31,32)19-12-8-17(9-13-19)23(29)30/h2-13H,14H2,1H3,(H,29,30). The Labute approximate surface area is 202 Å². The molecule has 0 amide bonds. The lowest BCUT2D eigenvalue weighted by atomic mass is 10.2. The first kappa shape index (κ1) is 24.6. The topological polar surface area (TPSA) is 83.9 Å². The van der Waals surface area contributed by atoms with E-state index in [2.05, 4.69) is 4.74 Å². The molecule has 4 aromatic rings. The van der Waals surface area contributed by atoms with Crippen LogP contribution in [0.2, 0.25) is 0 Å². The van der Waals surface area contributed by atoms with E-state index < -0.39 is 28.1 Å². The molecule has 0 radical (unpaired) electrons. The lowest BCUT2D eigenvalue weighted by molar-refractivity contribution is -0.274. The highest BCUT2D eigenvalue weighted by Gasteiger charge is 2.32. The van der Waals surface area contributed by atoms with Crippen LogP contribution in [0.5, 0.6) is 5.75 Å². The second-order valence-electron chi connectivity index (χ2n) is 7.56. The van der Waals surface area contributed by atoms with Crippen LogP contribution in [0.3, 0.4) is 0 Å². The van der Waals surface area contributed by atoms with E-state index in [9.17, 15) is 26.4 Å². The number of halogens is 3. The number of nitrogens with zero attached hydrogens (tertiary/aromatic N) is 1. The first-order valence-corrected chi connectivity index (χ1v) is 12.4. The Kier molecular flexibility index (Phi) is 6.48. The summed E-state index contributed by atoms with van der Waals surface area (Å²) in [5.74, 6) is -1.61. The van der Waals surface area contributed by atoms with E-state index in [1.54, 1.807) is 6.92 Å². The summed E-state index contributed by atoms with van der Waals surface area (Å²) in [5.41, 5.74) is 1.10. The lowest BCUT2D eigenvalue weighted by Gasteiger charge is -2.24. The summed E-state index contributed by atoms with van der Waals surface area (Å²) >= 11 is 1.27. The zero-order valence-electron chi connectivity index (χ0n) is 18.1. The van der Waals surface area contributed by atoms with Crippen LogP contribution in [-0.2, 0) is 16.6 Å². The van der Waals surface area contributed by atoms with Crippen LogP contribution in [-0.4, -0.2) is 25.9 Å². The van der Waals surface area contributed by atoms with Gasteiger partial charge in [0.25, 0.3) is 10.0 Å². The number of alkyl halides is 3. The van der Waals surface area contributed by atoms with Gasteiger partial charge in [-0.3, -0.25) is 4.31 Å². The maximum atomic E-state index is 13.7. The number of hydrogen-bond acceptors (Lipinski definition) is 5. The Morgan fingerprint density at radius 2 is 1.63 bits per heavy atom. The predicted octanol–water partition coefficient (Wildman–Crippen LogP) is 6.20. The van der Waals surface area contributed by atoms with Crippen molar-refractivity contribution in [2.75, 3.05) is 4.31 Å². The first-order valence-electron chi connectivity index (χ1n) is 10.1. The Bertz CT molecular complexity index is 1480. The van der Waals surface area contributed by atoms with Gasteiger partial charge in [-0.1, -0.05) is 30.3 Å². The van der Waals surface area contributed by atoms with Gasteiger partial charge in [-0.2, -0.15) is 0 Å². The van der Waals surface area contributed by atoms with Crippen molar-refractivity contribution in [3.05, 3.63) is 89.5 Å². The normalized spacial score (nSPS) is 12.0. The van der Waals surface area contributed by atoms with Gasteiger partial charge in [0, 0.05) is 4.70 Å². The number of sulfonamides is 1. The van der Waals surface area contributed by atoms with Crippen molar-refractivity contribution in [3.63, 3.8) is 0 Å². The van der Waals surface area contributed by atoms with E-state index in [0.717, 1.165) is 27.8 Å². The first-order chi connectivity index (χ1) is 16.5. The molecule has 1 N–H and O–H groups in total. The number of carboxylic acid groups (broad SMARTS) is 1. The average molecular weight is 522 g/mol. The number of fused-ring (bicyclic) bond motifs is 1. The maximum absolute atomic E-state index is 13.7. The minimum atomic E-state index is -4.84. The third-order valence-corrected chi connectivity index (χ3v) is 8.39. The van der Waals surface area contributed by atoms with E-state index in [1.807, 2.05) is 24.3 Å². The molecule has 3 aromatic carbocycles. The van der Waals surface area contributed by atoms with Crippen molar-refractivity contribution >= 4 is 42.4 Å². The highest BCUT2D eigenvalue weighted by molar-refractivity contribution is 7.93. The Balaban J connectivity index is 1.77. The number of thiophene rings is 1. The molecule has 0 saturated carbocycles. The number of hydrogen-bond donors (Lipinski definition) is 1. The fourth-order valence-corrected chi connectivity index (χ4v) is 6.45. The Morgan fingerprint density at radius 1 is 1.00 bits per heavy atom. The number of ether oxygens (including phenoxy) is 1. The second kappa shape index (κ2) is 9.23. The Morgan fingerprint density at radius 3 is 2.20 bits per heavy atom. The summed E-state index contributed by atoms with van der Waals surface area (Å²) in [5, 5.41) is 10.5. The second-order valence-corrected chi connectivity index (χ2v) is 10.5. The minimum absolute atomic E-state index is 0.0613. The van der Waals surface area contributed by atoms with Crippen LogP contribution >= 0.6 is 11.3 Å². The lowest BCUT2D eigenvalue weighted by Crippen LogP contribution is -2.30. The number of anilines is 1. The van der Waals surface area contributed by atoms with E-state index >= 15 is 0 Å². The summed E-state index contributed by atoms with van der Waals surface area (Å²) in [6, 6.07) is 17.2. The number of carbonyl (C=O) groups is 1. The van der Waals surface area contributed by atoms with Crippen molar-refractivity contribution in [1.29, 1.82) is 0 Å². The third-order valence-electron chi connectivity index (χ3n) is 5.22. The molecule has 0 aliphatic heterocycles. The summed E-state index contributed by atoms with van der Waals surface area (Å²) in [7, 11) is -4.16. The zero-order valence-corrected chi connectivity index (χ0v) is 19.7. The van der Waals surface area contributed by atoms with Crippen LogP contribution in [0.25, 0.3) is 10.1 Å². The molecule has 1 heterocycles. The fraction of sp³-hybridized carbons (Fsp3) is 0.125.